The average molecular weight is 338 g/mol. The molecule has 0 saturated carbocycles. The number of benzene rings is 1. The van der Waals surface area contributed by atoms with Crippen LogP contribution in [0.3, 0.4) is 0 Å². The van der Waals surface area contributed by atoms with Crippen LogP contribution in [0.25, 0.3) is 10.7 Å². The molecule has 6 heteroatoms. The van der Waals surface area contributed by atoms with Gasteiger partial charge < -0.3 is 9.64 Å². The molecule has 2 aromatic heterocycles. The third kappa shape index (κ3) is 2.73. The van der Waals surface area contributed by atoms with Gasteiger partial charge in [0.1, 0.15) is 11.4 Å². The third-order valence-corrected chi connectivity index (χ3v) is 5.28. The van der Waals surface area contributed by atoms with Crippen LogP contribution in [0.5, 0.6) is 5.75 Å². The number of anilines is 1. The van der Waals surface area contributed by atoms with E-state index in [9.17, 15) is 0 Å². The molecule has 0 amide bonds. The van der Waals surface area contributed by atoms with Crippen molar-refractivity contribution in [2.45, 2.75) is 18.9 Å². The zero-order valence-corrected chi connectivity index (χ0v) is 14.2. The number of para-hydroxylation sites is 1. The number of methoxy groups -OCH3 is 1. The smallest absolute Gasteiger partial charge is 0.209 e. The largest absolute Gasteiger partial charge is 0.496 e. The van der Waals surface area contributed by atoms with E-state index in [1.165, 1.54) is 5.56 Å². The van der Waals surface area contributed by atoms with E-state index < -0.39 is 0 Å². The van der Waals surface area contributed by atoms with Crippen LogP contribution in [0, 0.1) is 0 Å². The molecule has 24 heavy (non-hydrogen) atoms. The van der Waals surface area contributed by atoms with Crippen molar-refractivity contribution in [1.29, 1.82) is 0 Å². The Balaban J connectivity index is 1.65. The molecule has 0 radical (unpaired) electrons. The summed E-state index contributed by atoms with van der Waals surface area (Å²) in [4.78, 5) is 6.70. The molecule has 4 rings (SSSR count). The highest BCUT2D eigenvalue weighted by atomic mass is 32.1. The lowest BCUT2D eigenvalue weighted by Gasteiger charge is -2.25. The molecule has 1 fully saturated rings. The molecule has 1 aromatic carbocycles. The van der Waals surface area contributed by atoms with Crippen LogP contribution in [0.15, 0.2) is 48.7 Å². The normalized spacial score (nSPS) is 17.2. The molecule has 3 aromatic rings. The fourth-order valence-corrected chi connectivity index (χ4v) is 4.08. The Hall–Kier alpha value is -2.47. The molecular weight excluding hydrogens is 320 g/mol. The van der Waals surface area contributed by atoms with Crippen molar-refractivity contribution in [3.63, 3.8) is 0 Å². The minimum atomic E-state index is 0.283. The Labute approximate surface area is 145 Å². The molecule has 1 aliphatic heterocycles. The third-order valence-electron chi connectivity index (χ3n) is 4.29. The van der Waals surface area contributed by atoms with E-state index >= 15 is 0 Å². The number of hydrogen-bond donors (Lipinski definition) is 0. The fraction of sp³-hybridized carbons (Fsp3) is 0.278. The van der Waals surface area contributed by atoms with Crippen molar-refractivity contribution in [2.24, 2.45) is 0 Å². The summed E-state index contributed by atoms with van der Waals surface area (Å²) in [6, 6.07) is 14.4. The number of pyridine rings is 1. The Bertz CT molecular complexity index is 821. The van der Waals surface area contributed by atoms with Crippen LogP contribution in [0.2, 0.25) is 0 Å². The zero-order valence-electron chi connectivity index (χ0n) is 13.4. The first-order chi connectivity index (χ1) is 11.9. The molecular formula is C18H18N4OS. The minimum absolute atomic E-state index is 0.283. The second kappa shape index (κ2) is 6.57. The van der Waals surface area contributed by atoms with Gasteiger partial charge >= 0.3 is 0 Å². The molecule has 1 atom stereocenters. The summed E-state index contributed by atoms with van der Waals surface area (Å²) in [5.41, 5.74) is 2.08. The lowest BCUT2D eigenvalue weighted by molar-refractivity contribution is 0.405. The molecule has 0 spiro atoms. The van der Waals surface area contributed by atoms with E-state index in [1.807, 2.05) is 30.3 Å². The average Bonchev–Trinajstić information content (AvgIpc) is 3.31. The van der Waals surface area contributed by atoms with E-state index in [2.05, 4.69) is 32.2 Å². The van der Waals surface area contributed by atoms with E-state index in [4.69, 9.17) is 4.74 Å². The van der Waals surface area contributed by atoms with Crippen molar-refractivity contribution < 1.29 is 4.74 Å². The summed E-state index contributed by atoms with van der Waals surface area (Å²) in [6.45, 7) is 0.986. The van der Waals surface area contributed by atoms with Gasteiger partial charge in [0.25, 0.3) is 0 Å². The van der Waals surface area contributed by atoms with Gasteiger partial charge in [-0.05, 0) is 31.0 Å². The summed E-state index contributed by atoms with van der Waals surface area (Å²) < 4.78 is 5.55. The Kier molecular flexibility index (Phi) is 4.13. The maximum Gasteiger partial charge on any atom is 0.209 e. The lowest BCUT2D eigenvalue weighted by atomic mass is 10.0. The van der Waals surface area contributed by atoms with Crippen molar-refractivity contribution in [2.75, 3.05) is 18.6 Å². The van der Waals surface area contributed by atoms with Crippen LogP contribution in [0.1, 0.15) is 24.4 Å². The molecule has 0 N–H and O–H groups in total. The number of rotatable bonds is 4. The Morgan fingerprint density at radius 1 is 1.12 bits per heavy atom. The van der Waals surface area contributed by atoms with E-state index in [0.717, 1.165) is 41.0 Å². The van der Waals surface area contributed by atoms with Crippen LogP contribution >= 0.6 is 11.3 Å². The van der Waals surface area contributed by atoms with Gasteiger partial charge in [0.15, 0.2) is 5.01 Å². The van der Waals surface area contributed by atoms with E-state index in [-0.39, 0.29) is 6.04 Å². The van der Waals surface area contributed by atoms with Crippen LogP contribution < -0.4 is 9.64 Å². The predicted octanol–water partition coefficient (Wildman–Crippen LogP) is 3.95. The number of ether oxygens (including phenoxy) is 1. The Morgan fingerprint density at radius 3 is 2.83 bits per heavy atom. The van der Waals surface area contributed by atoms with E-state index in [1.54, 1.807) is 24.6 Å². The maximum atomic E-state index is 5.55. The molecule has 0 bridgehead atoms. The first kappa shape index (κ1) is 15.1. The highest BCUT2D eigenvalue weighted by Crippen LogP contribution is 2.41. The summed E-state index contributed by atoms with van der Waals surface area (Å²) in [7, 11) is 1.72. The molecule has 1 saturated heterocycles. The predicted molar refractivity (Wildman–Crippen MR) is 95.5 cm³/mol. The number of hydrogen-bond acceptors (Lipinski definition) is 6. The van der Waals surface area contributed by atoms with Crippen LogP contribution in [-0.2, 0) is 0 Å². The fourth-order valence-electron chi connectivity index (χ4n) is 3.19. The van der Waals surface area contributed by atoms with Gasteiger partial charge in [-0.3, -0.25) is 4.98 Å². The summed E-state index contributed by atoms with van der Waals surface area (Å²) >= 11 is 1.60. The van der Waals surface area contributed by atoms with Crippen molar-refractivity contribution >= 4 is 16.5 Å². The second-order valence-corrected chi connectivity index (χ2v) is 6.65. The zero-order chi connectivity index (χ0) is 16.4. The molecule has 5 nitrogen and oxygen atoms in total. The standard InChI is InChI=1S/C18H18N4OS/c1-23-16-10-3-2-7-13(16)15-9-6-12-22(15)18-21-20-17(24-18)14-8-4-5-11-19-14/h2-5,7-8,10-11,15H,6,9,12H2,1H3/t15-/m1/s1. The summed E-state index contributed by atoms with van der Waals surface area (Å²) in [6.07, 6.45) is 4.02. The minimum Gasteiger partial charge on any atom is -0.496 e. The van der Waals surface area contributed by atoms with Gasteiger partial charge in [-0.15, -0.1) is 10.2 Å². The van der Waals surface area contributed by atoms with Gasteiger partial charge in [-0.2, -0.15) is 0 Å². The molecule has 1 aliphatic rings. The highest BCUT2D eigenvalue weighted by Gasteiger charge is 2.30. The van der Waals surface area contributed by atoms with Gasteiger partial charge in [0.2, 0.25) is 5.13 Å². The quantitative estimate of drug-likeness (QED) is 0.721. The van der Waals surface area contributed by atoms with Crippen LogP contribution in [0.4, 0.5) is 5.13 Å². The number of aromatic nitrogens is 3. The maximum absolute atomic E-state index is 5.55. The first-order valence-corrected chi connectivity index (χ1v) is 8.83. The monoisotopic (exact) mass is 338 g/mol. The van der Waals surface area contributed by atoms with Crippen LogP contribution in [-0.4, -0.2) is 28.8 Å². The number of nitrogens with zero attached hydrogens (tertiary/aromatic N) is 4. The summed E-state index contributed by atoms with van der Waals surface area (Å²) in [5.74, 6) is 0.934. The van der Waals surface area contributed by atoms with Crippen molar-refractivity contribution in [3.05, 3.63) is 54.2 Å². The Morgan fingerprint density at radius 2 is 2.00 bits per heavy atom. The van der Waals surface area contributed by atoms with Crippen molar-refractivity contribution in [3.8, 4) is 16.5 Å². The van der Waals surface area contributed by atoms with Gasteiger partial charge in [-0.1, -0.05) is 35.6 Å². The molecule has 0 aliphatic carbocycles. The van der Waals surface area contributed by atoms with Gasteiger partial charge in [0, 0.05) is 18.3 Å². The topological polar surface area (TPSA) is 51.1 Å². The van der Waals surface area contributed by atoms with Crippen molar-refractivity contribution in [1.82, 2.24) is 15.2 Å². The lowest BCUT2D eigenvalue weighted by Crippen LogP contribution is -2.22. The molecule has 122 valence electrons. The van der Waals surface area contributed by atoms with Gasteiger partial charge in [-0.25, -0.2) is 0 Å². The molecule has 0 unspecified atom stereocenters. The SMILES string of the molecule is COc1ccccc1[C@H]1CCCN1c1nnc(-c2ccccn2)s1. The first-order valence-electron chi connectivity index (χ1n) is 8.01. The summed E-state index contributed by atoms with van der Waals surface area (Å²) in [5, 5.41) is 10.6. The van der Waals surface area contributed by atoms with Gasteiger partial charge in [0.05, 0.1) is 13.2 Å². The molecule has 3 heterocycles. The van der Waals surface area contributed by atoms with E-state index in [0.29, 0.717) is 0 Å². The second-order valence-electron chi connectivity index (χ2n) is 5.70. The highest BCUT2D eigenvalue weighted by molar-refractivity contribution is 7.18.